The Balaban J connectivity index is 2.22. The van der Waals surface area contributed by atoms with Gasteiger partial charge >= 0.3 is 0 Å². The van der Waals surface area contributed by atoms with Crippen molar-refractivity contribution < 1.29 is 13.2 Å². The molecule has 22 heavy (non-hydrogen) atoms. The highest BCUT2D eigenvalue weighted by Crippen LogP contribution is 2.23. The average Bonchev–Trinajstić information content (AvgIpc) is 2.91. The first kappa shape index (κ1) is 14.5. The van der Waals surface area contributed by atoms with Crippen molar-refractivity contribution in [2.24, 2.45) is 0 Å². The molecule has 0 atom stereocenters. The van der Waals surface area contributed by atoms with Gasteiger partial charge in [0.25, 0.3) is 10.0 Å². The monoisotopic (exact) mass is 313 g/mol. The minimum atomic E-state index is -3.68. The summed E-state index contributed by atoms with van der Waals surface area (Å²) in [6, 6.07) is 13.5. The van der Waals surface area contributed by atoms with Gasteiger partial charge in [0, 0.05) is 17.1 Å². The third-order valence-electron chi connectivity index (χ3n) is 3.64. The summed E-state index contributed by atoms with van der Waals surface area (Å²) < 4.78 is 26.8. The van der Waals surface area contributed by atoms with Crippen molar-refractivity contribution in [3.8, 4) is 0 Å². The molecule has 0 bridgehead atoms. The molecule has 0 aliphatic carbocycles. The molecule has 0 aliphatic heterocycles. The van der Waals surface area contributed by atoms with Crippen molar-refractivity contribution in [1.82, 2.24) is 3.97 Å². The number of nitrogens with zero attached hydrogens (tertiary/aromatic N) is 1. The number of aryl methyl sites for hydroxylation is 1. The van der Waals surface area contributed by atoms with E-state index in [0.29, 0.717) is 11.1 Å². The van der Waals surface area contributed by atoms with Crippen molar-refractivity contribution in [3.63, 3.8) is 0 Å². The lowest BCUT2D eigenvalue weighted by molar-refractivity contribution is 0.101. The van der Waals surface area contributed by atoms with Crippen LogP contribution in [0.3, 0.4) is 0 Å². The first-order valence-electron chi connectivity index (χ1n) is 6.84. The van der Waals surface area contributed by atoms with Crippen molar-refractivity contribution in [1.29, 1.82) is 0 Å². The SMILES string of the molecule is CC(=O)c1ccc2ccn(S(=O)(=O)c3ccc(C)cc3)c2c1. The van der Waals surface area contributed by atoms with Gasteiger partial charge < -0.3 is 0 Å². The molecule has 0 saturated carbocycles. The lowest BCUT2D eigenvalue weighted by Gasteiger charge is -2.08. The summed E-state index contributed by atoms with van der Waals surface area (Å²) in [7, 11) is -3.68. The van der Waals surface area contributed by atoms with Crippen LogP contribution in [-0.2, 0) is 10.0 Å². The van der Waals surface area contributed by atoms with E-state index in [1.54, 1.807) is 48.5 Å². The van der Waals surface area contributed by atoms with Crippen molar-refractivity contribution in [3.05, 3.63) is 65.9 Å². The van der Waals surface area contributed by atoms with Gasteiger partial charge in [-0.1, -0.05) is 29.8 Å². The second kappa shape index (κ2) is 5.10. The summed E-state index contributed by atoms with van der Waals surface area (Å²) >= 11 is 0. The maximum Gasteiger partial charge on any atom is 0.268 e. The molecule has 2 aromatic carbocycles. The molecule has 3 rings (SSSR count). The van der Waals surface area contributed by atoms with Gasteiger partial charge in [-0.3, -0.25) is 4.79 Å². The fourth-order valence-corrected chi connectivity index (χ4v) is 3.70. The zero-order valence-corrected chi connectivity index (χ0v) is 13.1. The zero-order valence-electron chi connectivity index (χ0n) is 12.3. The number of rotatable bonds is 3. The predicted octanol–water partition coefficient (Wildman–Crippen LogP) is 3.39. The van der Waals surface area contributed by atoms with Crippen LogP contribution in [0, 0.1) is 6.92 Å². The predicted molar refractivity (Wildman–Crippen MR) is 85.7 cm³/mol. The van der Waals surface area contributed by atoms with Crippen LogP contribution in [0.15, 0.2) is 59.6 Å². The van der Waals surface area contributed by atoms with Crippen LogP contribution < -0.4 is 0 Å². The zero-order chi connectivity index (χ0) is 15.9. The maximum atomic E-state index is 12.8. The van der Waals surface area contributed by atoms with Crippen LogP contribution in [0.25, 0.3) is 10.9 Å². The number of carbonyl (C=O) groups is 1. The Bertz CT molecular complexity index is 967. The van der Waals surface area contributed by atoms with Gasteiger partial charge in [0.2, 0.25) is 0 Å². The summed E-state index contributed by atoms with van der Waals surface area (Å²) in [5.74, 6) is -0.0950. The third kappa shape index (κ3) is 2.33. The number of hydrogen-bond donors (Lipinski definition) is 0. The van der Waals surface area contributed by atoms with Crippen LogP contribution in [0.1, 0.15) is 22.8 Å². The molecule has 4 nitrogen and oxygen atoms in total. The first-order valence-corrected chi connectivity index (χ1v) is 8.28. The number of aromatic nitrogens is 1. The topological polar surface area (TPSA) is 56.1 Å². The molecule has 0 aliphatic rings. The maximum absolute atomic E-state index is 12.8. The highest BCUT2D eigenvalue weighted by Gasteiger charge is 2.19. The van der Waals surface area contributed by atoms with Gasteiger partial charge in [-0.05, 0) is 38.1 Å². The quantitative estimate of drug-likeness (QED) is 0.696. The summed E-state index contributed by atoms with van der Waals surface area (Å²) in [5.41, 5.74) is 2.00. The summed E-state index contributed by atoms with van der Waals surface area (Å²) in [5, 5.41) is 0.778. The lowest BCUT2D eigenvalue weighted by Crippen LogP contribution is -2.12. The van der Waals surface area contributed by atoms with E-state index in [9.17, 15) is 13.2 Å². The first-order chi connectivity index (χ1) is 10.4. The van der Waals surface area contributed by atoms with E-state index < -0.39 is 10.0 Å². The van der Waals surface area contributed by atoms with Gasteiger partial charge in [-0.25, -0.2) is 12.4 Å². The Kier molecular flexibility index (Phi) is 3.37. The minimum absolute atomic E-state index is 0.0950. The second-order valence-corrected chi connectivity index (χ2v) is 7.07. The van der Waals surface area contributed by atoms with Crippen LogP contribution in [0.4, 0.5) is 0 Å². The smallest absolute Gasteiger partial charge is 0.268 e. The van der Waals surface area contributed by atoms with Gasteiger partial charge in [0.1, 0.15) is 0 Å². The lowest BCUT2D eigenvalue weighted by atomic mass is 10.1. The largest absolute Gasteiger partial charge is 0.295 e. The van der Waals surface area contributed by atoms with Crippen molar-refractivity contribution >= 4 is 26.7 Å². The average molecular weight is 313 g/mol. The van der Waals surface area contributed by atoms with E-state index in [0.717, 1.165) is 10.9 Å². The summed E-state index contributed by atoms with van der Waals surface area (Å²) in [4.78, 5) is 11.7. The minimum Gasteiger partial charge on any atom is -0.295 e. The molecule has 0 saturated heterocycles. The van der Waals surface area contributed by atoms with E-state index in [1.165, 1.54) is 17.1 Å². The molecule has 0 N–H and O–H groups in total. The number of fused-ring (bicyclic) bond motifs is 1. The fraction of sp³-hybridized carbons (Fsp3) is 0.118. The normalized spacial score (nSPS) is 11.7. The van der Waals surface area contributed by atoms with Crippen LogP contribution in [0.2, 0.25) is 0 Å². The van der Waals surface area contributed by atoms with E-state index in [2.05, 4.69) is 0 Å². The molecule has 1 aromatic heterocycles. The highest BCUT2D eigenvalue weighted by molar-refractivity contribution is 7.90. The van der Waals surface area contributed by atoms with E-state index in [-0.39, 0.29) is 10.7 Å². The molecule has 0 fully saturated rings. The van der Waals surface area contributed by atoms with Crippen molar-refractivity contribution in [2.75, 3.05) is 0 Å². The number of benzene rings is 2. The molecule has 0 amide bonds. The molecule has 0 spiro atoms. The number of hydrogen-bond acceptors (Lipinski definition) is 3. The van der Waals surface area contributed by atoms with Gasteiger partial charge in [-0.2, -0.15) is 0 Å². The van der Waals surface area contributed by atoms with E-state index in [4.69, 9.17) is 0 Å². The fourth-order valence-electron chi connectivity index (χ4n) is 2.36. The Labute approximate surface area is 129 Å². The van der Waals surface area contributed by atoms with Crippen molar-refractivity contribution in [2.45, 2.75) is 18.7 Å². The summed E-state index contributed by atoms with van der Waals surface area (Å²) in [6.45, 7) is 3.36. The molecule has 3 aromatic rings. The molecule has 112 valence electrons. The molecular weight excluding hydrogens is 298 g/mol. The van der Waals surface area contributed by atoms with Gasteiger partial charge in [0.05, 0.1) is 10.4 Å². The third-order valence-corrected chi connectivity index (χ3v) is 5.35. The summed E-state index contributed by atoms with van der Waals surface area (Å²) in [6.07, 6.45) is 1.52. The molecule has 0 unspecified atom stereocenters. The van der Waals surface area contributed by atoms with Crippen LogP contribution >= 0.6 is 0 Å². The Morgan fingerprint density at radius 1 is 1.00 bits per heavy atom. The Hall–Kier alpha value is -2.40. The second-order valence-electron chi connectivity index (χ2n) is 5.26. The standard InChI is InChI=1S/C17H15NO3S/c1-12-3-7-16(8-4-12)22(20,21)18-10-9-14-5-6-15(13(2)19)11-17(14)18/h3-11H,1-2H3. The van der Waals surface area contributed by atoms with Crippen LogP contribution in [0.5, 0.6) is 0 Å². The Morgan fingerprint density at radius 3 is 2.32 bits per heavy atom. The van der Waals surface area contributed by atoms with Gasteiger partial charge in [0.15, 0.2) is 5.78 Å². The molecular formula is C17H15NO3S. The number of carbonyl (C=O) groups excluding carboxylic acids is 1. The highest BCUT2D eigenvalue weighted by atomic mass is 32.2. The molecule has 5 heteroatoms. The Morgan fingerprint density at radius 2 is 1.68 bits per heavy atom. The number of ketones is 1. The molecule has 1 heterocycles. The van der Waals surface area contributed by atoms with Crippen LogP contribution in [-0.4, -0.2) is 18.2 Å². The van der Waals surface area contributed by atoms with E-state index >= 15 is 0 Å². The molecule has 0 radical (unpaired) electrons. The van der Waals surface area contributed by atoms with Gasteiger partial charge in [-0.15, -0.1) is 0 Å². The van der Waals surface area contributed by atoms with E-state index in [1.807, 2.05) is 6.92 Å². The number of Topliss-reactive ketones (excluding diaryl/α,β-unsaturated/α-hetero) is 1.